The van der Waals surface area contributed by atoms with Crippen LogP contribution in [0.5, 0.6) is 0 Å². The van der Waals surface area contributed by atoms with Gasteiger partial charge in [-0.25, -0.2) is 16.8 Å². The van der Waals surface area contributed by atoms with E-state index in [9.17, 15) is 25.6 Å². The summed E-state index contributed by atoms with van der Waals surface area (Å²) in [5.74, 6) is -3.46. The monoisotopic (exact) mass is 464 g/mol. The van der Waals surface area contributed by atoms with Gasteiger partial charge in [0.1, 0.15) is 4.90 Å². The van der Waals surface area contributed by atoms with Crippen LogP contribution >= 0.6 is 11.6 Å². The van der Waals surface area contributed by atoms with Crippen LogP contribution in [0.3, 0.4) is 0 Å². The van der Waals surface area contributed by atoms with Crippen LogP contribution in [0.1, 0.15) is 5.56 Å². The van der Waals surface area contributed by atoms with Crippen molar-refractivity contribution in [2.75, 3.05) is 26.2 Å². The fourth-order valence-electron chi connectivity index (χ4n) is 3.07. The Kier molecular flexibility index (Phi) is 6.59. The number of benzene rings is 2. The van der Waals surface area contributed by atoms with Gasteiger partial charge in [0.05, 0.1) is 9.92 Å². The van der Waals surface area contributed by atoms with E-state index in [0.29, 0.717) is 19.6 Å². The molecule has 1 fully saturated rings. The minimum Gasteiger partial charge on any atom is -0.296 e. The summed E-state index contributed by atoms with van der Waals surface area (Å²) in [5.41, 5.74) is 0.751. The van der Waals surface area contributed by atoms with Gasteiger partial charge in [-0.1, -0.05) is 35.9 Å². The predicted molar refractivity (Wildman–Crippen MR) is 105 cm³/mol. The standard InChI is InChI=1S/C18H19ClF2N2O4S2/c19-16-3-1-2-4-17(16)29(26,27)23-11-9-22(10-12-23)13-14-5-7-15(8-6-14)28(24,25)18(20)21/h1-8,18H,9-13H2. The van der Waals surface area contributed by atoms with Crippen LogP contribution in [0.2, 0.25) is 5.02 Å². The Bertz CT molecular complexity index is 1070. The molecule has 6 nitrogen and oxygen atoms in total. The van der Waals surface area contributed by atoms with E-state index in [4.69, 9.17) is 11.6 Å². The van der Waals surface area contributed by atoms with Crippen molar-refractivity contribution < 1.29 is 25.6 Å². The number of hydrogen-bond donors (Lipinski definition) is 0. The van der Waals surface area contributed by atoms with Gasteiger partial charge in [-0.05, 0) is 29.8 Å². The molecule has 0 bridgehead atoms. The Balaban J connectivity index is 1.62. The Morgan fingerprint density at radius 3 is 2.03 bits per heavy atom. The van der Waals surface area contributed by atoms with Crippen LogP contribution in [0.15, 0.2) is 58.3 Å². The molecule has 0 saturated carbocycles. The third-order valence-electron chi connectivity index (χ3n) is 4.68. The van der Waals surface area contributed by atoms with Crippen LogP contribution in [0, 0.1) is 0 Å². The number of rotatable bonds is 6. The Morgan fingerprint density at radius 1 is 0.897 bits per heavy atom. The molecule has 1 aliphatic heterocycles. The molecule has 2 aromatic rings. The molecule has 1 aliphatic rings. The first-order chi connectivity index (χ1) is 13.6. The van der Waals surface area contributed by atoms with Crippen LogP contribution in [-0.2, 0) is 26.4 Å². The van der Waals surface area contributed by atoms with Crippen molar-refractivity contribution in [3.8, 4) is 0 Å². The van der Waals surface area contributed by atoms with Crippen molar-refractivity contribution >= 4 is 31.5 Å². The minimum absolute atomic E-state index is 0.0749. The summed E-state index contributed by atoms with van der Waals surface area (Å²) in [5, 5.41) is 0.175. The SMILES string of the molecule is O=S(=O)(c1ccc(CN2CCN(S(=O)(=O)c3ccccc3Cl)CC2)cc1)C(F)F. The van der Waals surface area contributed by atoms with Crippen molar-refractivity contribution in [3.05, 3.63) is 59.1 Å². The third-order valence-corrected chi connectivity index (χ3v) is 8.48. The number of nitrogens with zero attached hydrogens (tertiary/aromatic N) is 2. The fourth-order valence-corrected chi connectivity index (χ4v) is 5.70. The molecule has 0 aliphatic carbocycles. The molecule has 3 rings (SSSR count). The van der Waals surface area contributed by atoms with Gasteiger partial charge in [0, 0.05) is 32.7 Å². The van der Waals surface area contributed by atoms with Crippen LogP contribution in [-0.4, -0.2) is 58.0 Å². The second-order valence-electron chi connectivity index (χ2n) is 6.56. The van der Waals surface area contributed by atoms with Gasteiger partial charge in [-0.3, -0.25) is 4.90 Å². The Hall–Kier alpha value is -1.59. The topological polar surface area (TPSA) is 74.8 Å². The summed E-state index contributed by atoms with van der Waals surface area (Å²) >= 11 is 6.02. The van der Waals surface area contributed by atoms with Crippen molar-refractivity contribution in [1.29, 1.82) is 0 Å². The van der Waals surface area contributed by atoms with Gasteiger partial charge < -0.3 is 0 Å². The van der Waals surface area contributed by atoms with Crippen molar-refractivity contribution in [2.24, 2.45) is 0 Å². The molecule has 0 unspecified atom stereocenters. The second kappa shape index (κ2) is 8.65. The number of piperazine rings is 1. The molecule has 1 heterocycles. The maximum absolute atomic E-state index is 12.8. The summed E-state index contributed by atoms with van der Waals surface area (Å²) in [6.07, 6.45) is 0. The lowest BCUT2D eigenvalue weighted by Crippen LogP contribution is -2.48. The van der Waals surface area contributed by atoms with Gasteiger partial charge in [0.15, 0.2) is 0 Å². The molecule has 0 N–H and O–H groups in total. The molecule has 11 heteroatoms. The molecule has 0 spiro atoms. The number of halogens is 3. The zero-order chi connectivity index (χ0) is 21.2. The summed E-state index contributed by atoms with van der Waals surface area (Å²) in [4.78, 5) is 1.66. The normalized spacial score (nSPS) is 17.0. The van der Waals surface area contributed by atoms with Crippen LogP contribution in [0.4, 0.5) is 8.78 Å². The van der Waals surface area contributed by atoms with E-state index in [1.807, 2.05) is 4.90 Å². The average molecular weight is 465 g/mol. The average Bonchev–Trinajstić information content (AvgIpc) is 2.69. The lowest BCUT2D eigenvalue weighted by atomic mass is 10.2. The predicted octanol–water partition coefficient (Wildman–Crippen LogP) is 2.84. The molecule has 0 aromatic heterocycles. The lowest BCUT2D eigenvalue weighted by molar-refractivity contribution is 0.181. The summed E-state index contributed by atoms with van der Waals surface area (Å²) < 4.78 is 75.0. The first-order valence-electron chi connectivity index (χ1n) is 8.70. The highest BCUT2D eigenvalue weighted by molar-refractivity contribution is 7.91. The third kappa shape index (κ3) is 4.77. The van der Waals surface area contributed by atoms with E-state index < -0.39 is 30.5 Å². The van der Waals surface area contributed by atoms with E-state index in [2.05, 4.69) is 0 Å². The zero-order valence-electron chi connectivity index (χ0n) is 15.2. The van der Waals surface area contributed by atoms with E-state index in [1.165, 1.54) is 28.6 Å². The fraction of sp³-hybridized carbons (Fsp3) is 0.333. The summed E-state index contributed by atoms with van der Waals surface area (Å²) in [6.45, 7) is 1.97. The number of sulfonamides is 1. The van der Waals surface area contributed by atoms with E-state index >= 15 is 0 Å². The van der Waals surface area contributed by atoms with E-state index in [1.54, 1.807) is 12.1 Å². The molecule has 1 saturated heterocycles. The van der Waals surface area contributed by atoms with Crippen molar-refractivity contribution in [2.45, 2.75) is 22.1 Å². The first-order valence-corrected chi connectivity index (χ1v) is 12.1. The quantitative estimate of drug-likeness (QED) is 0.657. The number of hydrogen-bond acceptors (Lipinski definition) is 5. The summed E-state index contributed by atoms with van der Waals surface area (Å²) in [6, 6.07) is 11.6. The highest BCUT2D eigenvalue weighted by Crippen LogP contribution is 2.25. The van der Waals surface area contributed by atoms with Crippen LogP contribution in [0.25, 0.3) is 0 Å². The molecular formula is C18H19ClF2N2O4S2. The molecule has 0 amide bonds. The van der Waals surface area contributed by atoms with Crippen LogP contribution < -0.4 is 0 Å². The molecule has 0 radical (unpaired) electrons. The maximum atomic E-state index is 12.8. The smallest absolute Gasteiger partial charge is 0.296 e. The zero-order valence-corrected chi connectivity index (χ0v) is 17.6. The molecule has 29 heavy (non-hydrogen) atoms. The first kappa shape index (κ1) is 22.1. The maximum Gasteiger partial charge on any atom is 0.341 e. The van der Waals surface area contributed by atoms with Gasteiger partial charge in [-0.15, -0.1) is 0 Å². The number of sulfone groups is 1. The van der Waals surface area contributed by atoms with Gasteiger partial charge in [-0.2, -0.15) is 13.1 Å². The molecule has 158 valence electrons. The summed E-state index contributed by atoms with van der Waals surface area (Å²) in [7, 11) is -8.29. The van der Waals surface area contributed by atoms with Crippen molar-refractivity contribution in [3.63, 3.8) is 0 Å². The lowest BCUT2D eigenvalue weighted by Gasteiger charge is -2.34. The Morgan fingerprint density at radius 2 is 1.48 bits per heavy atom. The van der Waals surface area contributed by atoms with Gasteiger partial charge >= 0.3 is 5.76 Å². The minimum atomic E-state index is -4.61. The largest absolute Gasteiger partial charge is 0.341 e. The van der Waals surface area contributed by atoms with Gasteiger partial charge in [0.25, 0.3) is 0 Å². The van der Waals surface area contributed by atoms with E-state index in [0.717, 1.165) is 17.7 Å². The van der Waals surface area contributed by atoms with E-state index in [-0.39, 0.29) is 23.0 Å². The highest BCUT2D eigenvalue weighted by Gasteiger charge is 2.30. The number of alkyl halides is 2. The Labute approximate surface area is 173 Å². The second-order valence-corrected chi connectivity index (χ2v) is 10.8. The highest BCUT2D eigenvalue weighted by atomic mass is 35.5. The molecular weight excluding hydrogens is 446 g/mol. The van der Waals surface area contributed by atoms with Gasteiger partial charge in [0.2, 0.25) is 19.9 Å². The molecule has 2 aromatic carbocycles. The van der Waals surface area contributed by atoms with Crippen molar-refractivity contribution in [1.82, 2.24) is 9.21 Å². The molecule has 0 atom stereocenters.